The smallest absolute Gasteiger partial charge is 0.268 e. The fourth-order valence-electron chi connectivity index (χ4n) is 4.77. The number of nitrogens with zero attached hydrogens (tertiary/aromatic N) is 2. The van der Waals surface area contributed by atoms with Gasteiger partial charge in [0.15, 0.2) is 0 Å². The number of hydrogen-bond donors (Lipinski definition) is 4. The third kappa shape index (κ3) is 5.39. The van der Waals surface area contributed by atoms with Gasteiger partial charge in [0.1, 0.15) is 17.1 Å². The summed E-state index contributed by atoms with van der Waals surface area (Å²) >= 11 is 0. The summed E-state index contributed by atoms with van der Waals surface area (Å²) in [6, 6.07) is 12.7. The fourth-order valence-corrected chi connectivity index (χ4v) is 4.77. The summed E-state index contributed by atoms with van der Waals surface area (Å²) in [6.07, 6.45) is 6.53. The van der Waals surface area contributed by atoms with E-state index in [0.29, 0.717) is 23.6 Å². The van der Waals surface area contributed by atoms with Crippen molar-refractivity contribution in [3.8, 4) is 5.75 Å². The van der Waals surface area contributed by atoms with Gasteiger partial charge >= 0.3 is 0 Å². The van der Waals surface area contributed by atoms with Crippen LogP contribution in [0.3, 0.4) is 0 Å². The Hall–Kier alpha value is -3.39. The molecule has 2 heterocycles. The number of aromatic hydroxyl groups is 1. The van der Waals surface area contributed by atoms with Gasteiger partial charge in [0.05, 0.1) is 18.2 Å². The van der Waals surface area contributed by atoms with Crippen molar-refractivity contribution in [2.24, 2.45) is 0 Å². The van der Waals surface area contributed by atoms with E-state index < -0.39 is 6.10 Å². The number of pyridine rings is 1. The van der Waals surface area contributed by atoms with E-state index in [-0.39, 0.29) is 35.9 Å². The molecule has 1 saturated carbocycles. The maximum atomic E-state index is 13.2. The van der Waals surface area contributed by atoms with Gasteiger partial charge in [-0.15, -0.1) is 0 Å². The largest absolute Gasteiger partial charge is 0.508 e. The Morgan fingerprint density at radius 1 is 1.09 bits per heavy atom. The van der Waals surface area contributed by atoms with Crippen LogP contribution in [0.15, 0.2) is 48.7 Å². The summed E-state index contributed by atoms with van der Waals surface area (Å²) in [5.74, 6) is -0.193. The van der Waals surface area contributed by atoms with Crippen LogP contribution < -0.4 is 10.6 Å². The standard InChI is InChI=1S/C26H32N4O4/c1-18(31)15-27-24(33)14-20-16-30-22(6-5-7-23(30)29-20)25(34)28-17-26(12-3-2-4-13-26)19-8-10-21(32)11-9-19/h5-11,16,18,31-32H,2-4,12-15,17H2,1H3,(H,27,33)(H,28,34). The highest BCUT2D eigenvalue weighted by molar-refractivity contribution is 5.93. The lowest BCUT2D eigenvalue weighted by Gasteiger charge is -2.38. The number of rotatable bonds is 8. The van der Waals surface area contributed by atoms with Gasteiger partial charge in [-0.05, 0) is 49.6 Å². The zero-order valence-electron chi connectivity index (χ0n) is 19.5. The van der Waals surface area contributed by atoms with Gasteiger partial charge in [0.2, 0.25) is 5.91 Å². The number of aliphatic hydroxyl groups excluding tert-OH is 1. The van der Waals surface area contributed by atoms with Crippen molar-refractivity contribution in [3.63, 3.8) is 0 Å². The van der Waals surface area contributed by atoms with Gasteiger partial charge in [-0.2, -0.15) is 0 Å². The van der Waals surface area contributed by atoms with Crippen LogP contribution in [-0.2, 0) is 16.6 Å². The molecular weight excluding hydrogens is 432 g/mol. The molecule has 8 nitrogen and oxygen atoms in total. The van der Waals surface area contributed by atoms with Gasteiger partial charge < -0.3 is 20.8 Å². The average Bonchev–Trinajstić information content (AvgIpc) is 3.24. The molecule has 1 unspecified atom stereocenters. The number of carbonyl (C=O) groups is 2. The molecule has 1 aliphatic rings. The van der Waals surface area contributed by atoms with E-state index in [1.54, 1.807) is 47.9 Å². The second-order valence-electron chi connectivity index (χ2n) is 9.27. The number of phenolic OH excluding ortho intramolecular Hbond substituents is 1. The molecule has 0 bridgehead atoms. The first-order valence-electron chi connectivity index (χ1n) is 11.9. The highest BCUT2D eigenvalue weighted by Crippen LogP contribution is 2.39. The molecule has 8 heteroatoms. The molecule has 2 aromatic heterocycles. The van der Waals surface area contributed by atoms with E-state index in [1.165, 1.54) is 6.42 Å². The van der Waals surface area contributed by atoms with Gasteiger partial charge in [-0.3, -0.25) is 14.0 Å². The van der Waals surface area contributed by atoms with Crippen molar-refractivity contribution >= 4 is 17.5 Å². The minimum atomic E-state index is -0.616. The van der Waals surface area contributed by atoms with Crippen molar-refractivity contribution in [2.45, 2.75) is 57.0 Å². The Balaban J connectivity index is 1.50. The quantitative estimate of drug-likeness (QED) is 0.409. The second-order valence-corrected chi connectivity index (χ2v) is 9.27. The van der Waals surface area contributed by atoms with Crippen LogP contribution in [0.1, 0.15) is 60.8 Å². The molecule has 0 spiro atoms. The maximum absolute atomic E-state index is 13.2. The third-order valence-corrected chi connectivity index (χ3v) is 6.59. The zero-order chi connectivity index (χ0) is 24.1. The molecule has 1 aliphatic carbocycles. The van der Waals surface area contributed by atoms with Crippen molar-refractivity contribution in [1.29, 1.82) is 0 Å². The van der Waals surface area contributed by atoms with Crippen LogP contribution >= 0.6 is 0 Å². The Labute approximate surface area is 199 Å². The van der Waals surface area contributed by atoms with Gasteiger partial charge in [-0.1, -0.05) is 37.5 Å². The van der Waals surface area contributed by atoms with E-state index in [2.05, 4.69) is 15.6 Å². The van der Waals surface area contributed by atoms with Crippen LogP contribution in [0.2, 0.25) is 0 Å². The SMILES string of the molecule is CC(O)CNC(=O)Cc1cn2c(C(=O)NCC3(c4ccc(O)cc4)CCCCC3)cccc2n1. The van der Waals surface area contributed by atoms with Gasteiger partial charge in [0.25, 0.3) is 5.91 Å². The van der Waals surface area contributed by atoms with Crippen molar-refractivity contribution < 1.29 is 19.8 Å². The lowest BCUT2D eigenvalue weighted by Crippen LogP contribution is -2.42. The predicted molar refractivity (Wildman–Crippen MR) is 129 cm³/mol. The summed E-state index contributed by atoms with van der Waals surface area (Å²) in [6.45, 7) is 2.30. The van der Waals surface area contributed by atoms with Gasteiger partial charge in [-0.25, -0.2) is 4.98 Å². The van der Waals surface area contributed by atoms with Crippen molar-refractivity contribution in [3.05, 3.63) is 65.6 Å². The number of phenols is 1. The summed E-state index contributed by atoms with van der Waals surface area (Å²) in [5, 5.41) is 24.8. The number of amides is 2. The molecule has 4 rings (SSSR count). The number of hydrogen-bond acceptors (Lipinski definition) is 5. The van der Waals surface area contributed by atoms with E-state index in [1.807, 2.05) is 12.1 Å². The predicted octanol–water partition coefficient (Wildman–Crippen LogP) is 2.71. The summed E-state index contributed by atoms with van der Waals surface area (Å²) in [4.78, 5) is 29.8. The van der Waals surface area contributed by atoms with Crippen LogP contribution in [0.4, 0.5) is 0 Å². The monoisotopic (exact) mass is 464 g/mol. The number of fused-ring (bicyclic) bond motifs is 1. The lowest BCUT2D eigenvalue weighted by molar-refractivity contribution is -0.120. The summed E-state index contributed by atoms with van der Waals surface area (Å²) < 4.78 is 1.71. The number of nitrogens with one attached hydrogen (secondary N) is 2. The number of imidazole rings is 1. The van der Waals surface area contributed by atoms with Crippen molar-refractivity contribution in [2.75, 3.05) is 13.1 Å². The number of carbonyl (C=O) groups excluding carboxylic acids is 2. The molecule has 0 radical (unpaired) electrons. The Kier molecular flexibility index (Phi) is 7.17. The topological polar surface area (TPSA) is 116 Å². The number of aliphatic hydroxyl groups is 1. The molecular formula is C26H32N4O4. The Morgan fingerprint density at radius 2 is 1.82 bits per heavy atom. The Morgan fingerprint density at radius 3 is 2.53 bits per heavy atom. The molecule has 1 fully saturated rings. The summed E-state index contributed by atoms with van der Waals surface area (Å²) in [5.41, 5.74) is 2.58. The lowest BCUT2D eigenvalue weighted by atomic mass is 9.69. The third-order valence-electron chi connectivity index (χ3n) is 6.59. The molecule has 1 aromatic carbocycles. The average molecular weight is 465 g/mol. The highest BCUT2D eigenvalue weighted by atomic mass is 16.3. The van der Waals surface area contributed by atoms with E-state index in [0.717, 1.165) is 31.2 Å². The van der Waals surface area contributed by atoms with E-state index in [9.17, 15) is 19.8 Å². The molecule has 2 amide bonds. The molecule has 0 saturated heterocycles. The minimum absolute atomic E-state index is 0.0689. The molecule has 0 aliphatic heterocycles. The van der Waals surface area contributed by atoms with E-state index >= 15 is 0 Å². The molecule has 4 N–H and O–H groups in total. The van der Waals surface area contributed by atoms with Crippen LogP contribution in [0.25, 0.3) is 5.65 Å². The zero-order valence-corrected chi connectivity index (χ0v) is 19.5. The second kappa shape index (κ2) is 10.3. The van der Waals surface area contributed by atoms with Crippen molar-refractivity contribution in [1.82, 2.24) is 20.0 Å². The minimum Gasteiger partial charge on any atom is -0.508 e. The number of benzene rings is 1. The van der Waals surface area contributed by atoms with E-state index in [4.69, 9.17) is 0 Å². The Bertz CT molecular complexity index is 1150. The maximum Gasteiger partial charge on any atom is 0.268 e. The molecule has 34 heavy (non-hydrogen) atoms. The van der Waals surface area contributed by atoms with Crippen LogP contribution in [0.5, 0.6) is 5.75 Å². The molecule has 180 valence electrons. The first-order valence-corrected chi connectivity index (χ1v) is 11.9. The summed E-state index contributed by atoms with van der Waals surface area (Å²) in [7, 11) is 0. The normalized spacial score (nSPS) is 16.2. The fraction of sp³-hybridized carbons (Fsp3) is 0.423. The first-order chi connectivity index (χ1) is 16.4. The van der Waals surface area contributed by atoms with Crippen LogP contribution in [0, 0.1) is 0 Å². The highest BCUT2D eigenvalue weighted by Gasteiger charge is 2.34. The first kappa shape index (κ1) is 23.8. The van der Waals surface area contributed by atoms with Crippen LogP contribution in [-0.4, -0.2) is 50.6 Å². The number of aromatic nitrogens is 2. The molecule has 1 atom stereocenters. The molecule has 3 aromatic rings. The van der Waals surface area contributed by atoms with Gasteiger partial charge in [0, 0.05) is 24.7 Å².